The van der Waals surface area contributed by atoms with Gasteiger partial charge in [-0.1, -0.05) is 41.9 Å². The first-order chi connectivity index (χ1) is 12.9. The zero-order valence-corrected chi connectivity index (χ0v) is 15.7. The molecule has 3 aromatic rings. The number of rotatable bonds is 4. The summed E-state index contributed by atoms with van der Waals surface area (Å²) in [5.74, 6) is -0.788. The molecule has 0 saturated heterocycles. The van der Waals surface area contributed by atoms with Gasteiger partial charge in [-0.2, -0.15) is 0 Å². The number of aryl methyl sites for hydroxylation is 2. The van der Waals surface area contributed by atoms with Crippen LogP contribution in [0.2, 0.25) is 5.02 Å². The normalized spacial score (nSPS) is 10.3. The number of nitrogens with zero attached hydrogens (tertiary/aromatic N) is 1. The fourth-order valence-corrected chi connectivity index (χ4v) is 2.83. The number of aromatic nitrogens is 1. The maximum absolute atomic E-state index is 12.6. The SMILES string of the molecule is Cc1cccc(C)c1NC(=O)c1cccc(C(=O)Nc2cccc(Cl)c2)n1. The molecular weight excluding hydrogens is 362 g/mol. The predicted molar refractivity (Wildman–Crippen MR) is 108 cm³/mol. The van der Waals surface area contributed by atoms with Crippen molar-refractivity contribution < 1.29 is 9.59 Å². The van der Waals surface area contributed by atoms with Crippen LogP contribution in [0.4, 0.5) is 11.4 Å². The average Bonchev–Trinajstić information content (AvgIpc) is 2.65. The van der Waals surface area contributed by atoms with Crippen LogP contribution >= 0.6 is 11.6 Å². The zero-order chi connectivity index (χ0) is 19.4. The van der Waals surface area contributed by atoms with Crippen molar-refractivity contribution in [2.75, 3.05) is 10.6 Å². The Labute approximate surface area is 162 Å². The molecule has 0 aliphatic rings. The Balaban J connectivity index is 1.78. The van der Waals surface area contributed by atoms with E-state index < -0.39 is 5.91 Å². The summed E-state index contributed by atoms with van der Waals surface area (Å²) in [7, 11) is 0. The van der Waals surface area contributed by atoms with Gasteiger partial charge in [-0.15, -0.1) is 0 Å². The second-order valence-electron chi connectivity index (χ2n) is 6.09. The lowest BCUT2D eigenvalue weighted by Gasteiger charge is -2.11. The molecule has 0 aliphatic carbocycles. The minimum Gasteiger partial charge on any atom is -0.321 e. The fraction of sp³-hybridized carbons (Fsp3) is 0.0952. The van der Waals surface area contributed by atoms with Crippen molar-refractivity contribution in [1.29, 1.82) is 0 Å². The van der Waals surface area contributed by atoms with Crippen LogP contribution < -0.4 is 10.6 Å². The summed E-state index contributed by atoms with van der Waals surface area (Å²) in [6.45, 7) is 3.84. The fourth-order valence-electron chi connectivity index (χ4n) is 2.64. The third-order valence-electron chi connectivity index (χ3n) is 4.02. The summed E-state index contributed by atoms with van der Waals surface area (Å²) in [5, 5.41) is 6.10. The molecule has 136 valence electrons. The predicted octanol–water partition coefficient (Wildman–Crippen LogP) is 4.86. The highest BCUT2D eigenvalue weighted by Crippen LogP contribution is 2.20. The molecule has 0 unspecified atom stereocenters. The molecule has 6 heteroatoms. The molecular formula is C21H18ClN3O2. The second kappa shape index (κ2) is 8.01. The van der Waals surface area contributed by atoms with E-state index in [2.05, 4.69) is 15.6 Å². The van der Waals surface area contributed by atoms with E-state index in [4.69, 9.17) is 11.6 Å². The molecule has 0 aliphatic heterocycles. The van der Waals surface area contributed by atoms with E-state index in [1.165, 1.54) is 0 Å². The molecule has 2 aromatic carbocycles. The van der Waals surface area contributed by atoms with E-state index in [-0.39, 0.29) is 17.3 Å². The smallest absolute Gasteiger partial charge is 0.274 e. The van der Waals surface area contributed by atoms with Gasteiger partial charge in [0.15, 0.2) is 0 Å². The highest BCUT2D eigenvalue weighted by Gasteiger charge is 2.14. The number of anilines is 2. The van der Waals surface area contributed by atoms with Crippen LogP contribution in [0.1, 0.15) is 32.1 Å². The van der Waals surface area contributed by atoms with E-state index >= 15 is 0 Å². The lowest BCUT2D eigenvalue weighted by Crippen LogP contribution is -2.19. The third-order valence-corrected chi connectivity index (χ3v) is 4.25. The molecule has 0 saturated carbocycles. The summed E-state index contributed by atoms with van der Waals surface area (Å²) in [6.07, 6.45) is 0. The molecule has 0 atom stereocenters. The number of benzene rings is 2. The minimum absolute atomic E-state index is 0.143. The van der Waals surface area contributed by atoms with Crippen molar-refractivity contribution in [2.24, 2.45) is 0 Å². The number of carbonyl (C=O) groups is 2. The van der Waals surface area contributed by atoms with E-state index in [1.54, 1.807) is 42.5 Å². The molecule has 1 heterocycles. The largest absolute Gasteiger partial charge is 0.321 e. The monoisotopic (exact) mass is 379 g/mol. The Kier molecular flexibility index (Phi) is 5.52. The minimum atomic E-state index is -0.418. The first-order valence-corrected chi connectivity index (χ1v) is 8.73. The lowest BCUT2D eigenvalue weighted by molar-refractivity contribution is 0.101. The van der Waals surface area contributed by atoms with Crippen molar-refractivity contribution in [1.82, 2.24) is 4.98 Å². The molecule has 3 rings (SSSR count). The van der Waals surface area contributed by atoms with Crippen molar-refractivity contribution >= 4 is 34.8 Å². The van der Waals surface area contributed by atoms with Gasteiger partial charge in [-0.25, -0.2) is 4.98 Å². The Morgan fingerprint density at radius 1 is 0.815 bits per heavy atom. The Hall–Kier alpha value is -3.18. The second-order valence-corrected chi connectivity index (χ2v) is 6.53. The van der Waals surface area contributed by atoms with Gasteiger partial charge in [-0.3, -0.25) is 9.59 Å². The maximum Gasteiger partial charge on any atom is 0.274 e. The summed E-state index contributed by atoms with van der Waals surface area (Å²) in [6, 6.07) is 17.3. The van der Waals surface area contributed by atoms with E-state index in [9.17, 15) is 9.59 Å². The quantitative estimate of drug-likeness (QED) is 0.680. The molecule has 1 aromatic heterocycles. The number of carbonyl (C=O) groups excluding carboxylic acids is 2. The molecule has 2 amide bonds. The highest BCUT2D eigenvalue weighted by molar-refractivity contribution is 6.31. The average molecular weight is 380 g/mol. The highest BCUT2D eigenvalue weighted by atomic mass is 35.5. The first kappa shape index (κ1) is 18.6. The van der Waals surface area contributed by atoms with E-state index in [1.807, 2.05) is 32.0 Å². The zero-order valence-electron chi connectivity index (χ0n) is 14.9. The Morgan fingerprint density at radius 2 is 1.37 bits per heavy atom. The maximum atomic E-state index is 12.6. The number of para-hydroxylation sites is 1. The number of halogens is 1. The van der Waals surface area contributed by atoms with Crippen LogP contribution in [-0.4, -0.2) is 16.8 Å². The van der Waals surface area contributed by atoms with Gasteiger partial charge >= 0.3 is 0 Å². The summed E-state index contributed by atoms with van der Waals surface area (Å²) in [4.78, 5) is 29.2. The van der Waals surface area contributed by atoms with Crippen molar-refractivity contribution in [2.45, 2.75) is 13.8 Å². The van der Waals surface area contributed by atoms with Crippen LogP contribution in [0, 0.1) is 13.8 Å². The lowest BCUT2D eigenvalue weighted by atomic mass is 10.1. The van der Waals surface area contributed by atoms with Crippen molar-refractivity contribution in [3.05, 3.63) is 88.2 Å². The van der Waals surface area contributed by atoms with Crippen LogP contribution in [0.3, 0.4) is 0 Å². The number of nitrogens with one attached hydrogen (secondary N) is 2. The molecule has 0 bridgehead atoms. The topological polar surface area (TPSA) is 71.1 Å². The van der Waals surface area contributed by atoms with Gasteiger partial charge in [0.05, 0.1) is 0 Å². The van der Waals surface area contributed by atoms with Gasteiger partial charge in [0, 0.05) is 16.4 Å². The van der Waals surface area contributed by atoms with Crippen LogP contribution in [0.5, 0.6) is 0 Å². The van der Waals surface area contributed by atoms with Gasteiger partial charge in [0.2, 0.25) is 0 Å². The van der Waals surface area contributed by atoms with Crippen LogP contribution in [-0.2, 0) is 0 Å². The summed E-state index contributed by atoms with van der Waals surface area (Å²) in [5.41, 5.74) is 3.52. The van der Waals surface area contributed by atoms with Gasteiger partial charge in [0.25, 0.3) is 11.8 Å². The third kappa shape index (κ3) is 4.51. The number of hydrogen-bond acceptors (Lipinski definition) is 3. The van der Waals surface area contributed by atoms with Crippen molar-refractivity contribution in [3.8, 4) is 0 Å². The van der Waals surface area contributed by atoms with Gasteiger partial charge in [0.1, 0.15) is 11.4 Å². The molecule has 5 nitrogen and oxygen atoms in total. The van der Waals surface area contributed by atoms with Crippen molar-refractivity contribution in [3.63, 3.8) is 0 Å². The molecule has 2 N–H and O–H groups in total. The van der Waals surface area contributed by atoms with Crippen LogP contribution in [0.15, 0.2) is 60.7 Å². The Bertz CT molecular complexity index is 998. The molecule has 27 heavy (non-hydrogen) atoms. The first-order valence-electron chi connectivity index (χ1n) is 8.35. The number of pyridine rings is 1. The molecule has 0 radical (unpaired) electrons. The standard InChI is InChI=1S/C21H18ClN3O2/c1-13-6-3-7-14(2)19(13)25-21(27)18-11-5-10-17(24-18)20(26)23-16-9-4-8-15(22)12-16/h3-12H,1-2H3,(H,23,26)(H,25,27). The summed E-state index contributed by atoms with van der Waals surface area (Å²) >= 11 is 5.92. The van der Waals surface area contributed by atoms with Crippen LogP contribution in [0.25, 0.3) is 0 Å². The van der Waals surface area contributed by atoms with E-state index in [0.29, 0.717) is 10.7 Å². The van der Waals surface area contributed by atoms with Gasteiger partial charge < -0.3 is 10.6 Å². The van der Waals surface area contributed by atoms with Gasteiger partial charge in [-0.05, 0) is 55.3 Å². The molecule has 0 fully saturated rings. The van der Waals surface area contributed by atoms with E-state index in [0.717, 1.165) is 16.8 Å². The Morgan fingerprint density at radius 3 is 2.00 bits per heavy atom. The summed E-state index contributed by atoms with van der Waals surface area (Å²) < 4.78 is 0. The molecule has 0 spiro atoms. The number of amides is 2. The number of hydrogen-bond donors (Lipinski definition) is 2.